The van der Waals surface area contributed by atoms with Gasteiger partial charge in [-0.3, -0.25) is 4.98 Å². The number of hydrogen-bond acceptors (Lipinski definition) is 6. The maximum atomic E-state index is 13.1. The summed E-state index contributed by atoms with van der Waals surface area (Å²) in [6.07, 6.45) is 2.38. The van der Waals surface area contributed by atoms with E-state index in [2.05, 4.69) is 15.1 Å². The van der Waals surface area contributed by atoms with Crippen molar-refractivity contribution in [2.45, 2.75) is 44.6 Å². The number of halogens is 2. The molecule has 1 aliphatic heterocycles. The first-order valence-corrected chi connectivity index (χ1v) is 9.40. The van der Waals surface area contributed by atoms with Gasteiger partial charge in [-0.05, 0) is 36.6 Å². The van der Waals surface area contributed by atoms with Crippen LogP contribution in [0.4, 0.5) is 14.7 Å². The van der Waals surface area contributed by atoms with Gasteiger partial charge in [0.2, 0.25) is 12.4 Å². The van der Waals surface area contributed by atoms with E-state index in [9.17, 15) is 8.78 Å². The van der Waals surface area contributed by atoms with Gasteiger partial charge in [-0.2, -0.15) is 0 Å². The molecule has 0 saturated carbocycles. The van der Waals surface area contributed by atoms with Gasteiger partial charge in [-0.1, -0.05) is 19.9 Å². The van der Waals surface area contributed by atoms with E-state index in [0.717, 1.165) is 30.7 Å². The summed E-state index contributed by atoms with van der Waals surface area (Å²) in [4.78, 5) is 8.22. The molecule has 1 atom stereocenters. The quantitative estimate of drug-likeness (QED) is 0.695. The Kier molecular flexibility index (Phi) is 6.39. The Morgan fingerprint density at radius 3 is 2.55 bits per heavy atom. The van der Waals surface area contributed by atoms with E-state index in [4.69, 9.17) is 15.6 Å². The van der Waals surface area contributed by atoms with Gasteiger partial charge in [0.05, 0.1) is 41.2 Å². The molecule has 1 fully saturated rings. The van der Waals surface area contributed by atoms with E-state index in [1.165, 1.54) is 20.0 Å². The number of ether oxygens (including phenoxy) is 1. The molecule has 0 radical (unpaired) electrons. The zero-order chi connectivity index (χ0) is 21.0. The van der Waals surface area contributed by atoms with Crippen LogP contribution in [0.25, 0.3) is 16.9 Å². The fourth-order valence-electron chi connectivity index (χ4n) is 2.88. The summed E-state index contributed by atoms with van der Waals surface area (Å²) < 4.78 is 32.7. The number of aromatic nitrogens is 4. The highest BCUT2D eigenvalue weighted by Crippen LogP contribution is 2.30. The topological polar surface area (TPSA) is 98.6 Å². The summed E-state index contributed by atoms with van der Waals surface area (Å²) in [5.41, 5.74) is 6.99. The molecule has 0 bridgehead atoms. The number of aliphatic hydroxyl groups excluding tert-OH is 1. The molecule has 0 amide bonds. The van der Waals surface area contributed by atoms with Gasteiger partial charge in [0.1, 0.15) is 0 Å². The monoisotopic (exact) mass is 405 g/mol. The third-order valence-electron chi connectivity index (χ3n) is 4.87. The van der Waals surface area contributed by atoms with Gasteiger partial charge < -0.3 is 15.6 Å². The lowest BCUT2D eigenvalue weighted by Crippen LogP contribution is -2.26. The molecule has 0 aromatic carbocycles. The summed E-state index contributed by atoms with van der Waals surface area (Å²) in [5.74, 6) is 0.153. The molecule has 1 unspecified atom stereocenters. The van der Waals surface area contributed by atoms with Crippen molar-refractivity contribution in [2.75, 3.05) is 18.9 Å². The van der Waals surface area contributed by atoms with Crippen molar-refractivity contribution < 1.29 is 18.6 Å². The van der Waals surface area contributed by atoms with Crippen LogP contribution < -0.4 is 5.73 Å². The molecule has 7 nitrogen and oxygen atoms in total. The third-order valence-corrected chi connectivity index (χ3v) is 4.87. The van der Waals surface area contributed by atoms with Crippen LogP contribution in [0.3, 0.4) is 0 Å². The molecule has 0 spiro atoms. The zero-order valence-electron chi connectivity index (χ0n) is 16.4. The third kappa shape index (κ3) is 4.86. The predicted molar refractivity (Wildman–Crippen MR) is 106 cm³/mol. The number of aliphatic hydroxyl groups is 1. The van der Waals surface area contributed by atoms with Crippen LogP contribution in [0.15, 0.2) is 36.7 Å². The van der Waals surface area contributed by atoms with Crippen molar-refractivity contribution in [3.63, 3.8) is 0 Å². The minimum absolute atomic E-state index is 0.153. The van der Waals surface area contributed by atoms with E-state index in [1.807, 2.05) is 12.1 Å². The second-order valence-corrected chi connectivity index (χ2v) is 7.50. The Morgan fingerprint density at radius 2 is 2.00 bits per heavy atom. The van der Waals surface area contributed by atoms with E-state index < -0.39 is 11.8 Å². The minimum atomic E-state index is -2.46. The Hall–Kier alpha value is -2.65. The van der Waals surface area contributed by atoms with Crippen LogP contribution >= 0.6 is 0 Å². The number of anilines is 1. The van der Waals surface area contributed by atoms with E-state index in [0.29, 0.717) is 17.9 Å². The summed E-state index contributed by atoms with van der Waals surface area (Å²) >= 11 is 0. The average molecular weight is 405 g/mol. The van der Waals surface area contributed by atoms with Gasteiger partial charge in [-0.25, -0.2) is 18.3 Å². The van der Waals surface area contributed by atoms with Gasteiger partial charge in [0.15, 0.2) is 0 Å². The fourth-order valence-corrected chi connectivity index (χ4v) is 2.88. The standard InChI is InChI=1S/C15H15F2N5.C5H10O2/c1-15(2,13(16)17)9-3-5-11(19-7-9)12-6-4-10-8-20-14(18)21-22(10)12;6-5-2-1-3-7-4-5/h3-8,13H,1-2H3,(H2,18,21);5-6H,1-4H2. The normalized spacial score (nSPS) is 17.2. The first kappa shape index (κ1) is 21.1. The largest absolute Gasteiger partial charge is 0.391 e. The number of alkyl halides is 2. The number of nitrogens with zero attached hydrogens (tertiary/aromatic N) is 4. The highest BCUT2D eigenvalue weighted by Gasteiger charge is 2.31. The average Bonchev–Trinajstić information content (AvgIpc) is 3.12. The maximum Gasteiger partial charge on any atom is 0.247 e. The van der Waals surface area contributed by atoms with Crippen LogP contribution in [-0.4, -0.2) is 50.4 Å². The number of nitrogen functional groups attached to an aromatic ring is 1. The molecule has 29 heavy (non-hydrogen) atoms. The summed E-state index contributed by atoms with van der Waals surface area (Å²) in [6, 6.07) is 7.05. The van der Waals surface area contributed by atoms with E-state index in [-0.39, 0.29) is 12.1 Å². The van der Waals surface area contributed by atoms with Crippen molar-refractivity contribution in [3.8, 4) is 11.4 Å². The molecule has 9 heteroatoms. The molecule has 3 N–H and O–H groups in total. The van der Waals surface area contributed by atoms with Crippen LogP contribution in [0.5, 0.6) is 0 Å². The molecule has 1 saturated heterocycles. The molecular weight excluding hydrogens is 380 g/mol. The Morgan fingerprint density at radius 1 is 1.21 bits per heavy atom. The Bertz CT molecular complexity index is 938. The number of hydrogen-bond donors (Lipinski definition) is 2. The van der Waals surface area contributed by atoms with Crippen LogP contribution in [0, 0.1) is 0 Å². The second-order valence-electron chi connectivity index (χ2n) is 7.50. The van der Waals surface area contributed by atoms with Crippen molar-refractivity contribution in [3.05, 3.63) is 42.2 Å². The number of pyridine rings is 1. The highest BCUT2D eigenvalue weighted by molar-refractivity contribution is 5.63. The molecular formula is C20H25F2N5O2. The van der Waals surface area contributed by atoms with Crippen LogP contribution in [0.2, 0.25) is 0 Å². The van der Waals surface area contributed by atoms with Gasteiger partial charge in [0.25, 0.3) is 0 Å². The number of fused-ring (bicyclic) bond motifs is 1. The lowest BCUT2D eigenvalue weighted by Gasteiger charge is -2.23. The van der Waals surface area contributed by atoms with Crippen molar-refractivity contribution >= 4 is 11.5 Å². The van der Waals surface area contributed by atoms with Gasteiger partial charge in [0, 0.05) is 12.8 Å². The fraction of sp³-hybridized carbons (Fsp3) is 0.450. The van der Waals surface area contributed by atoms with Crippen molar-refractivity contribution in [1.29, 1.82) is 0 Å². The molecule has 1 aliphatic rings. The summed E-state index contributed by atoms with van der Waals surface area (Å²) in [6.45, 7) is 4.36. The second kappa shape index (κ2) is 8.79. The first-order chi connectivity index (χ1) is 13.8. The molecule has 3 aromatic heterocycles. The lowest BCUT2D eigenvalue weighted by molar-refractivity contribution is -0.00535. The lowest BCUT2D eigenvalue weighted by atomic mass is 9.86. The van der Waals surface area contributed by atoms with Crippen LogP contribution in [0.1, 0.15) is 32.3 Å². The summed E-state index contributed by atoms with van der Waals surface area (Å²) in [7, 11) is 0. The Labute approximate surface area is 167 Å². The molecule has 3 aromatic rings. The van der Waals surface area contributed by atoms with E-state index >= 15 is 0 Å². The first-order valence-electron chi connectivity index (χ1n) is 9.40. The van der Waals surface area contributed by atoms with Gasteiger partial charge in [-0.15, -0.1) is 5.10 Å². The zero-order valence-corrected chi connectivity index (χ0v) is 16.4. The minimum Gasteiger partial charge on any atom is -0.391 e. The molecule has 4 heterocycles. The van der Waals surface area contributed by atoms with E-state index in [1.54, 1.807) is 22.8 Å². The van der Waals surface area contributed by atoms with Crippen LogP contribution in [-0.2, 0) is 10.2 Å². The summed E-state index contributed by atoms with van der Waals surface area (Å²) in [5, 5.41) is 12.9. The number of rotatable bonds is 3. The molecule has 156 valence electrons. The molecule has 4 rings (SSSR count). The van der Waals surface area contributed by atoms with Crippen molar-refractivity contribution in [1.82, 2.24) is 19.6 Å². The smallest absolute Gasteiger partial charge is 0.247 e. The van der Waals surface area contributed by atoms with Crippen molar-refractivity contribution in [2.24, 2.45) is 0 Å². The SMILES string of the molecule is CC(C)(c1ccc(-c2ccc3cnc(N)nn23)nc1)C(F)F.OC1CCCOC1. The maximum absolute atomic E-state index is 13.1. The molecule has 0 aliphatic carbocycles. The Balaban J connectivity index is 0.000000290. The van der Waals surface area contributed by atoms with Gasteiger partial charge >= 0.3 is 0 Å². The number of nitrogens with two attached hydrogens (primary N) is 1. The predicted octanol–water partition coefficient (Wildman–Crippen LogP) is 3.07. The highest BCUT2D eigenvalue weighted by atomic mass is 19.3.